The lowest BCUT2D eigenvalue weighted by Gasteiger charge is -2.04. The Kier molecular flexibility index (Phi) is 2.91. The second-order valence-corrected chi connectivity index (χ2v) is 4.37. The van der Waals surface area contributed by atoms with Gasteiger partial charge in [0.2, 0.25) is 0 Å². The lowest BCUT2D eigenvalue weighted by Crippen LogP contribution is -2.00. The minimum Gasteiger partial charge on any atom is -0.508 e. The van der Waals surface area contributed by atoms with Crippen molar-refractivity contribution in [2.45, 2.75) is 0 Å². The number of aromatic hydroxyl groups is 1. The van der Waals surface area contributed by atoms with Gasteiger partial charge in [0, 0.05) is 11.1 Å². The topological polar surface area (TPSA) is 55.8 Å². The summed E-state index contributed by atoms with van der Waals surface area (Å²) in [6.45, 7) is 0. The Hall–Kier alpha value is -2.75. The molecule has 1 aliphatic rings. The number of methoxy groups -OCH3 is 1. The van der Waals surface area contributed by atoms with Crippen LogP contribution >= 0.6 is 0 Å². The van der Waals surface area contributed by atoms with Crippen molar-refractivity contribution < 1.29 is 19.4 Å². The maximum atomic E-state index is 11.9. The average molecular weight is 268 g/mol. The molecule has 0 aliphatic carbocycles. The molecule has 0 aromatic heterocycles. The van der Waals surface area contributed by atoms with Crippen LogP contribution in [0.3, 0.4) is 0 Å². The maximum absolute atomic E-state index is 11.9. The van der Waals surface area contributed by atoms with Gasteiger partial charge in [-0.3, -0.25) is 0 Å². The zero-order valence-electron chi connectivity index (χ0n) is 10.8. The van der Waals surface area contributed by atoms with Crippen molar-refractivity contribution in [2.24, 2.45) is 0 Å². The van der Waals surface area contributed by atoms with Crippen molar-refractivity contribution in [3.8, 4) is 17.2 Å². The van der Waals surface area contributed by atoms with Gasteiger partial charge in [-0.1, -0.05) is 18.2 Å². The summed E-state index contributed by atoms with van der Waals surface area (Å²) >= 11 is 0. The van der Waals surface area contributed by atoms with Crippen LogP contribution in [0.5, 0.6) is 17.2 Å². The fourth-order valence-corrected chi connectivity index (χ4v) is 2.16. The number of carbonyl (C=O) groups is 1. The number of hydrogen-bond acceptors (Lipinski definition) is 4. The molecule has 0 fully saturated rings. The number of ether oxygens (including phenoxy) is 2. The van der Waals surface area contributed by atoms with E-state index < -0.39 is 5.97 Å². The van der Waals surface area contributed by atoms with Crippen molar-refractivity contribution in [3.05, 3.63) is 53.6 Å². The molecular weight excluding hydrogens is 256 g/mol. The highest BCUT2D eigenvalue weighted by molar-refractivity contribution is 6.26. The molecule has 0 saturated heterocycles. The van der Waals surface area contributed by atoms with Crippen LogP contribution in [-0.2, 0) is 4.79 Å². The fourth-order valence-electron chi connectivity index (χ4n) is 2.16. The van der Waals surface area contributed by atoms with Gasteiger partial charge in [0.15, 0.2) is 0 Å². The Morgan fingerprint density at radius 1 is 1.20 bits per heavy atom. The molecule has 2 aromatic carbocycles. The molecule has 1 aliphatic heterocycles. The largest absolute Gasteiger partial charge is 0.508 e. The van der Waals surface area contributed by atoms with Crippen molar-refractivity contribution in [1.29, 1.82) is 0 Å². The van der Waals surface area contributed by atoms with Crippen LogP contribution in [0.25, 0.3) is 11.6 Å². The monoisotopic (exact) mass is 268 g/mol. The summed E-state index contributed by atoms with van der Waals surface area (Å²) in [7, 11) is 1.57. The molecule has 0 unspecified atom stereocenters. The average Bonchev–Trinajstić information content (AvgIpc) is 2.76. The summed E-state index contributed by atoms with van der Waals surface area (Å²) < 4.78 is 10.4. The quantitative estimate of drug-likeness (QED) is 0.517. The predicted molar refractivity (Wildman–Crippen MR) is 74.6 cm³/mol. The smallest absolute Gasteiger partial charge is 0.344 e. The normalized spacial score (nSPS) is 15.1. The minimum atomic E-state index is -0.434. The highest BCUT2D eigenvalue weighted by atomic mass is 16.5. The van der Waals surface area contributed by atoms with E-state index in [-0.39, 0.29) is 5.75 Å². The fraction of sp³-hybridized carbons (Fsp3) is 0.0625. The summed E-state index contributed by atoms with van der Waals surface area (Å²) in [5.41, 5.74) is 1.76. The second kappa shape index (κ2) is 4.74. The van der Waals surface area contributed by atoms with Crippen molar-refractivity contribution in [1.82, 2.24) is 0 Å². The SMILES string of the molecule is COc1ccccc1/C=C1\C(=O)Oc2ccc(O)cc21. The van der Waals surface area contributed by atoms with Gasteiger partial charge in [-0.2, -0.15) is 0 Å². The van der Waals surface area contributed by atoms with E-state index in [1.54, 1.807) is 19.3 Å². The van der Waals surface area contributed by atoms with Crippen LogP contribution in [0.15, 0.2) is 42.5 Å². The van der Waals surface area contributed by atoms with Crippen LogP contribution in [0.4, 0.5) is 0 Å². The van der Waals surface area contributed by atoms with Crippen LogP contribution in [-0.4, -0.2) is 18.2 Å². The van der Waals surface area contributed by atoms with Gasteiger partial charge in [0.25, 0.3) is 0 Å². The van der Waals surface area contributed by atoms with Gasteiger partial charge in [0.05, 0.1) is 12.7 Å². The molecule has 100 valence electrons. The van der Waals surface area contributed by atoms with Gasteiger partial charge in [-0.15, -0.1) is 0 Å². The highest BCUT2D eigenvalue weighted by Gasteiger charge is 2.27. The zero-order valence-corrected chi connectivity index (χ0v) is 10.8. The standard InChI is InChI=1S/C16H12O4/c1-19-14-5-3-2-4-10(14)8-13-12-9-11(17)6-7-15(12)20-16(13)18/h2-9,17H,1H3/b13-8-. The molecular formula is C16H12O4. The van der Waals surface area contributed by atoms with Crippen molar-refractivity contribution in [3.63, 3.8) is 0 Å². The Morgan fingerprint density at radius 3 is 2.80 bits per heavy atom. The minimum absolute atomic E-state index is 0.0907. The van der Waals surface area contributed by atoms with Gasteiger partial charge < -0.3 is 14.6 Å². The first-order chi connectivity index (χ1) is 9.69. The molecule has 4 heteroatoms. The van der Waals surface area contributed by atoms with E-state index in [0.717, 1.165) is 5.56 Å². The van der Waals surface area contributed by atoms with E-state index in [4.69, 9.17) is 9.47 Å². The molecule has 1 heterocycles. The molecule has 20 heavy (non-hydrogen) atoms. The van der Waals surface area contributed by atoms with E-state index in [9.17, 15) is 9.90 Å². The van der Waals surface area contributed by atoms with Gasteiger partial charge in [-0.05, 0) is 30.3 Å². The van der Waals surface area contributed by atoms with E-state index in [1.165, 1.54) is 12.1 Å². The van der Waals surface area contributed by atoms with Crippen LogP contribution in [0, 0.1) is 0 Å². The number of para-hydroxylation sites is 1. The van der Waals surface area contributed by atoms with Gasteiger partial charge in [0.1, 0.15) is 17.2 Å². The first-order valence-electron chi connectivity index (χ1n) is 6.09. The van der Waals surface area contributed by atoms with Crippen LogP contribution in [0.1, 0.15) is 11.1 Å². The summed E-state index contributed by atoms with van der Waals surface area (Å²) in [5.74, 6) is 0.778. The Morgan fingerprint density at radius 2 is 2.00 bits per heavy atom. The second-order valence-electron chi connectivity index (χ2n) is 4.37. The molecule has 3 rings (SSSR count). The third kappa shape index (κ3) is 2.01. The van der Waals surface area contributed by atoms with E-state index >= 15 is 0 Å². The Labute approximate surface area is 115 Å². The first-order valence-corrected chi connectivity index (χ1v) is 6.09. The molecule has 0 bridgehead atoms. The molecule has 1 N–H and O–H groups in total. The van der Waals surface area contributed by atoms with Gasteiger partial charge >= 0.3 is 5.97 Å². The third-order valence-electron chi connectivity index (χ3n) is 3.11. The summed E-state index contributed by atoms with van der Waals surface area (Å²) in [4.78, 5) is 11.9. The molecule has 0 radical (unpaired) electrons. The van der Waals surface area contributed by atoms with Gasteiger partial charge in [-0.25, -0.2) is 4.79 Å². The lowest BCUT2D eigenvalue weighted by atomic mass is 10.0. The molecule has 0 spiro atoms. The van der Waals surface area contributed by atoms with Crippen molar-refractivity contribution in [2.75, 3.05) is 7.11 Å². The zero-order chi connectivity index (χ0) is 14.1. The molecule has 4 nitrogen and oxygen atoms in total. The third-order valence-corrected chi connectivity index (χ3v) is 3.11. The molecule has 0 amide bonds. The highest BCUT2D eigenvalue weighted by Crippen LogP contribution is 2.38. The van der Waals surface area contributed by atoms with E-state index in [2.05, 4.69) is 0 Å². The van der Waals surface area contributed by atoms with Crippen LogP contribution < -0.4 is 9.47 Å². The number of carbonyl (C=O) groups excluding carboxylic acids is 1. The summed E-state index contributed by atoms with van der Waals surface area (Å²) in [6, 6.07) is 12.0. The Bertz CT molecular complexity index is 716. The van der Waals surface area contributed by atoms with E-state index in [1.807, 2.05) is 24.3 Å². The molecule has 2 aromatic rings. The summed E-state index contributed by atoms with van der Waals surface area (Å²) in [6.07, 6.45) is 1.70. The number of phenols is 1. The Balaban J connectivity index is 2.13. The predicted octanol–water partition coefficient (Wildman–Crippen LogP) is 2.86. The van der Waals surface area contributed by atoms with Crippen LogP contribution in [0.2, 0.25) is 0 Å². The number of phenolic OH excluding ortho intramolecular Hbond substituents is 1. The maximum Gasteiger partial charge on any atom is 0.344 e. The first kappa shape index (κ1) is 12.3. The molecule has 0 saturated carbocycles. The number of rotatable bonds is 2. The number of esters is 1. The number of fused-ring (bicyclic) bond motifs is 1. The van der Waals surface area contributed by atoms with Crippen molar-refractivity contribution >= 4 is 17.6 Å². The summed E-state index contributed by atoms with van der Waals surface area (Å²) in [5, 5.41) is 9.55. The van der Waals surface area contributed by atoms with E-state index in [0.29, 0.717) is 22.6 Å². The number of benzene rings is 2. The molecule has 0 atom stereocenters. The number of hydrogen-bond donors (Lipinski definition) is 1. The lowest BCUT2D eigenvalue weighted by molar-refractivity contribution is -0.126.